The van der Waals surface area contributed by atoms with Crippen molar-refractivity contribution in [2.45, 2.75) is 37.8 Å². The summed E-state index contributed by atoms with van der Waals surface area (Å²) in [6.45, 7) is 0.498. The molecule has 1 amide bonds. The van der Waals surface area contributed by atoms with Crippen molar-refractivity contribution in [3.8, 4) is 0 Å². The minimum absolute atomic E-state index is 0.169. The zero-order valence-corrected chi connectivity index (χ0v) is 8.91. The average molecular weight is 206 g/mol. The smallest absolute Gasteiger partial charge is 0.234 e. The zero-order valence-electron chi connectivity index (χ0n) is 8.91. The maximum Gasteiger partial charge on any atom is 0.234 e. The van der Waals surface area contributed by atoms with E-state index in [2.05, 4.69) is 22.8 Å². The molecule has 0 bridgehead atoms. The molecular weight excluding hydrogens is 188 g/mol. The minimum Gasteiger partial charge on any atom is -0.352 e. The van der Waals surface area contributed by atoms with Crippen molar-refractivity contribution in [1.82, 2.24) is 10.6 Å². The molecule has 3 heteroatoms. The predicted molar refractivity (Wildman–Crippen MR) is 58.3 cm³/mol. The van der Waals surface area contributed by atoms with Gasteiger partial charge in [-0.05, 0) is 37.5 Å². The van der Waals surface area contributed by atoms with Crippen LogP contribution in [0.25, 0.3) is 0 Å². The van der Waals surface area contributed by atoms with Crippen LogP contribution in [0.2, 0.25) is 0 Å². The first kappa shape index (κ1) is 9.40. The first-order valence-electron chi connectivity index (χ1n) is 6.02. The highest BCUT2D eigenvalue weighted by Crippen LogP contribution is 2.42. The van der Waals surface area contributed by atoms with Gasteiger partial charge in [-0.25, -0.2) is 0 Å². The number of carbonyl (C=O) groups excluding carboxylic acids is 1. The van der Waals surface area contributed by atoms with Gasteiger partial charge in [-0.15, -0.1) is 0 Å². The molecule has 2 fully saturated rings. The van der Waals surface area contributed by atoms with Crippen LogP contribution in [0.15, 0.2) is 12.2 Å². The molecule has 3 nitrogen and oxygen atoms in total. The average Bonchev–Trinajstić information content (AvgIpc) is 2.91. The number of hydrogen-bond acceptors (Lipinski definition) is 2. The monoisotopic (exact) mass is 206 g/mol. The lowest BCUT2D eigenvalue weighted by Crippen LogP contribution is -2.51. The van der Waals surface area contributed by atoms with Gasteiger partial charge < -0.3 is 10.6 Å². The van der Waals surface area contributed by atoms with Crippen LogP contribution in [0, 0.1) is 11.8 Å². The third-order valence-electron chi connectivity index (χ3n) is 3.83. The van der Waals surface area contributed by atoms with E-state index >= 15 is 0 Å². The summed E-state index contributed by atoms with van der Waals surface area (Å²) in [5.74, 6) is 1.75. The first-order valence-corrected chi connectivity index (χ1v) is 6.02. The van der Waals surface area contributed by atoms with Crippen LogP contribution in [0.1, 0.15) is 25.7 Å². The number of carbonyl (C=O) groups is 1. The van der Waals surface area contributed by atoms with Crippen molar-refractivity contribution in [3.63, 3.8) is 0 Å². The maximum atomic E-state index is 11.4. The number of hydrogen-bond donors (Lipinski definition) is 2. The molecular formula is C12H18N2O. The molecule has 0 aromatic heterocycles. The van der Waals surface area contributed by atoms with Gasteiger partial charge in [0.05, 0.1) is 6.54 Å². The highest BCUT2D eigenvalue weighted by molar-refractivity contribution is 5.78. The summed E-state index contributed by atoms with van der Waals surface area (Å²) in [5, 5.41) is 6.36. The molecule has 0 aliphatic heterocycles. The summed E-state index contributed by atoms with van der Waals surface area (Å²) in [4.78, 5) is 11.4. The maximum absolute atomic E-state index is 11.4. The Morgan fingerprint density at radius 1 is 1.40 bits per heavy atom. The Morgan fingerprint density at radius 3 is 3.00 bits per heavy atom. The first-order chi connectivity index (χ1) is 7.33. The molecule has 82 valence electrons. The number of fused-ring (bicyclic) bond motifs is 1. The van der Waals surface area contributed by atoms with Gasteiger partial charge in [0.2, 0.25) is 5.91 Å². The summed E-state index contributed by atoms with van der Waals surface area (Å²) in [6, 6.07) is 1.04. The van der Waals surface area contributed by atoms with E-state index in [9.17, 15) is 4.79 Å². The molecule has 3 aliphatic rings. The molecule has 2 saturated carbocycles. The minimum atomic E-state index is 0.169. The number of allylic oxidation sites excluding steroid dienone is 1. The second kappa shape index (κ2) is 3.63. The van der Waals surface area contributed by atoms with Gasteiger partial charge in [-0.3, -0.25) is 4.79 Å². The summed E-state index contributed by atoms with van der Waals surface area (Å²) < 4.78 is 0. The van der Waals surface area contributed by atoms with Crippen molar-refractivity contribution in [2.24, 2.45) is 11.8 Å². The van der Waals surface area contributed by atoms with Crippen molar-refractivity contribution in [1.29, 1.82) is 0 Å². The highest BCUT2D eigenvalue weighted by Gasteiger charge is 2.40. The van der Waals surface area contributed by atoms with E-state index < -0.39 is 0 Å². The Bertz CT molecular complexity index is 296. The summed E-state index contributed by atoms with van der Waals surface area (Å²) in [6.07, 6.45) is 9.42. The molecule has 0 heterocycles. The molecule has 3 atom stereocenters. The number of rotatable bonds is 4. The lowest BCUT2D eigenvalue weighted by Gasteiger charge is -2.40. The van der Waals surface area contributed by atoms with Crippen molar-refractivity contribution in [3.05, 3.63) is 12.2 Å². The quantitative estimate of drug-likeness (QED) is 0.669. The highest BCUT2D eigenvalue weighted by atomic mass is 16.2. The predicted octanol–water partition coefficient (Wildman–Crippen LogP) is 0.819. The van der Waals surface area contributed by atoms with E-state index in [4.69, 9.17) is 0 Å². The molecule has 3 rings (SSSR count). The second-order valence-corrected chi connectivity index (χ2v) is 5.07. The molecule has 0 aromatic carbocycles. The van der Waals surface area contributed by atoms with E-state index in [0.717, 1.165) is 5.92 Å². The molecule has 2 N–H and O–H groups in total. The fourth-order valence-corrected chi connectivity index (χ4v) is 2.68. The lowest BCUT2D eigenvalue weighted by atomic mass is 9.71. The molecule has 0 saturated heterocycles. The zero-order chi connectivity index (χ0) is 10.3. The van der Waals surface area contributed by atoms with Gasteiger partial charge in [0.15, 0.2) is 0 Å². The van der Waals surface area contributed by atoms with Gasteiger partial charge in [-0.1, -0.05) is 12.2 Å². The van der Waals surface area contributed by atoms with Crippen LogP contribution in [-0.2, 0) is 4.79 Å². The van der Waals surface area contributed by atoms with Gasteiger partial charge in [0, 0.05) is 12.1 Å². The third kappa shape index (κ3) is 1.93. The van der Waals surface area contributed by atoms with E-state index in [0.29, 0.717) is 24.5 Å². The molecule has 15 heavy (non-hydrogen) atoms. The SMILES string of the molecule is O=C(CNC1CC2CC=CC21)NC1CC1. The van der Waals surface area contributed by atoms with Gasteiger partial charge in [0.25, 0.3) is 0 Å². The van der Waals surface area contributed by atoms with Crippen LogP contribution in [0.3, 0.4) is 0 Å². The van der Waals surface area contributed by atoms with E-state index in [-0.39, 0.29) is 5.91 Å². The van der Waals surface area contributed by atoms with Gasteiger partial charge in [-0.2, -0.15) is 0 Å². The Morgan fingerprint density at radius 2 is 2.27 bits per heavy atom. The molecule has 0 spiro atoms. The van der Waals surface area contributed by atoms with Crippen molar-refractivity contribution in [2.75, 3.05) is 6.54 Å². The van der Waals surface area contributed by atoms with Crippen molar-refractivity contribution >= 4 is 5.91 Å². The Hall–Kier alpha value is -0.830. The van der Waals surface area contributed by atoms with Crippen LogP contribution in [-0.4, -0.2) is 24.5 Å². The molecule has 0 radical (unpaired) electrons. The van der Waals surface area contributed by atoms with E-state index in [1.54, 1.807) is 0 Å². The number of amides is 1. The summed E-state index contributed by atoms with van der Waals surface area (Å²) in [7, 11) is 0. The normalized spacial score (nSPS) is 37.2. The van der Waals surface area contributed by atoms with Crippen molar-refractivity contribution < 1.29 is 4.79 Å². The van der Waals surface area contributed by atoms with Crippen LogP contribution < -0.4 is 10.6 Å². The van der Waals surface area contributed by atoms with E-state index in [1.807, 2.05) is 0 Å². The lowest BCUT2D eigenvalue weighted by molar-refractivity contribution is -0.120. The summed E-state index contributed by atoms with van der Waals surface area (Å²) in [5.41, 5.74) is 0. The van der Waals surface area contributed by atoms with Gasteiger partial charge in [0.1, 0.15) is 0 Å². The Kier molecular flexibility index (Phi) is 2.28. The Balaban J connectivity index is 1.38. The fourth-order valence-electron chi connectivity index (χ4n) is 2.68. The molecule has 0 aromatic rings. The van der Waals surface area contributed by atoms with Gasteiger partial charge >= 0.3 is 0 Å². The standard InChI is InChI=1S/C12H18N2O/c15-12(14-9-4-5-9)7-13-11-6-8-2-1-3-10(8)11/h1,3,8-11,13H,2,4-7H2,(H,14,15). The van der Waals surface area contributed by atoms with E-state index in [1.165, 1.54) is 25.7 Å². The van der Waals surface area contributed by atoms with Crippen LogP contribution >= 0.6 is 0 Å². The fraction of sp³-hybridized carbons (Fsp3) is 0.750. The van der Waals surface area contributed by atoms with Crippen LogP contribution in [0.5, 0.6) is 0 Å². The molecule has 3 aliphatic carbocycles. The third-order valence-corrected chi connectivity index (χ3v) is 3.83. The largest absolute Gasteiger partial charge is 0.352 e. The number of nitrogens with one attached hydrogen (secondary N) is 2. The Labute approximate surface area is 90.3 Å². The topological polar surface area (TPSA) is 41.1 Å². The second-order valence-electron chi connectivity index (χ2n) is 5.07. The molecule has 3 unspecified atom stereocenters. The van der Waals surface area contributed by atoms with Crippen LogP contribution in [0.4, 0.5) is 0 Å². The summed E-state index contributed by atoms with van der Waals surface area (Å²) >= 11 is 0.